The Balaban J connectivity index is 1.99. The maximum atomic E-state index is 14.0. The molecule has 0 aliphatic heterocycles. The van der Waals surface area contributed by atoms with Crippen molar-refractivity contribution in [2.24, 2.45) is 38.9 Å². The first-order valence-electron chi connectivity index (χ1n) is 12.5. The number of carbonyl (C=O) groups excluding carboxylic acids is 4. The second-order valence-electron chi connectivity index (χ2n) is 12.2. The summed E-state index contributed by atoms with van der Waals surface area (Å²) in [5.41, 5.74) is -4.38. The lowest BCUT2D eigenvalue weighted by molar-refractivity contribution is -0.217. The van der Waals surface area contributed by atoms with Gasteiger partial charge in [0.05, 0.1) is 12.5 Å². The quantitative estimate of drug-likeness (QED) is 0.271. The van der Waals surface area contributed by atoms with Crippen LogP contribution < -0.4 is 0 Å². The van der Waals surface area contributed by atoms with Gasteiger partial charge in [0.25, 0.3) is 0 Å². The molecule has 0 aromatic heterocycles. The molecule has 0 spiro atoms. The van der Waals surface area contributed by atoms with Gasteiger partial charge in [0.15, 0.2) is 11.2 Å². The van der Waals surface area contributed by atoms with Crippen LogP contribution in [0, 0.1) is 38.9 Å². The standard InChI is InChI=1S/C28H38O7/c1-15-13-19-25(6,28(23(33)34-8)22(32)16(2)21(31)26(15,28)7)11-9-18-24(4,5)20(35-17(3)30)10-12-27(18,19)14-29/h13-14,18-20,31H,9-12H2,1-8H3/t18-,19-,20+,25+,26+,27+,28-/m1/s1. The molecule has 2 saturated carbocycles. The van der Waals surface area contributed by atoms with E-state index in [2.05, 4.69) is 0 Å². The molecule has 0 bridgehead atoms. The predicted molar refractivity (Wildman–Crippen MR) is 128 cm³/mol. The van der Waals surface area contributed by atoms with Crippen LogP contribution in [-0.4, -0.2) is 42.3 Å². The van der Waals surface area contributed by atoms with Crippen LogP contribution in [0.2, 0.25) is 0 Å². The van der Waals surface area contributed by atoms with Gasteiger partial charge in [-0.05, 0) is 63.7 Å². The summed E-state index contributed by atoms with van der Waals surface area (Å²) < 4.78 is 11.0. The highest BCUT2D eigenvalue weighted by molar-refractivity contribution is 6.17. The van der Waals surface area contributed by atoms with Crippen LogP contribution in [0.4, 0.5) is 0 Å². The zero-order chi connectivity index (χ0) is 26.4. The first-order chi connectivity index (χ1) is 16.1. The summed E-state index contributed by atoms with van der Waals surface area (Å²) >= 11 is 0. The number of carbonyl (C=O) groups is 4. The van der Waals surface area contributed by atoms with Gasteiger partial charge in [-0.3, -0.25) is 14.4 Å². The Hall–Kier alpha value is -2.44. The van der Waals surface area contributed by atoms with E-state index in [0.717, 1.165) is 6.29 Å². The van der Waals surface area contributed by atoms with Crippen molar-refractivity contribution in [2.75, 3.05) is 7.11 Å². The van der Waals surface area contributed by atoms with E-state index in [1.54, 1.807) is 13.8 Å². The third kappa shape index (κ3) is 2.62. The summed E-state index contributed by atoms with van der Waals surface area (Å²) in [7, 11) is 1.27. The lowest BCUT2D eigenvalue weighted by atomic mass is 9.33. The third-order valence-electron chi connectivity index (χ3n) is 10.8. The van der Waals surface area contributed by atoms with Crippen LogP contribution in [0.3, 0.4) is 0 Å². The van der Waals surface area contributed by atoms with Crippen molar-refractivity contribution in [3.63, 3.8) is 0 Å². The number of hydrogen-bond donors (Lipinski definition) is 1. The Bertz CT molecular complexity index is 1080. The highest BCUT2D eigenvalue weighted by Crippen LogP contribution is 2.76. The number of ketones is 1. The highest BCUT2D eigenvalue weighted by Gasteiger charge is 2.80. The van der Waals surface area contributed by atoms with E-state index in [1.165, 1.54) is 14.0 Å². The van der Waals surface area contributed by atoms with Crippen molar-refractivity contribution in [1.82, 2.24) is 0 Å². The van der Waals surface area contributed by atoms with Gasteiger partial charge < -0.3 is 19.4 Å². The molecule has 0 radical (unpaired) electrons. The summed E-state index contributed by atoms with van der Waals surface area (Å²) in [5, 5.41) is 11.3. The lowest BCUT2D eigenvalue weighted by Crippen LogP contribution is -2.70. The van der Waals surface area contributed by atoms with Crippen LogP contribution in [0.15, 0.2) is 23.0 Å². The Morgan fingerprint density at radius 3 is 2.29 bits per heavy atom. The van der Waals surface area contributed by atoms with E-state index < -0.39 is 44.7 Å². The van der Waals surface area contributed by atoms with Gasteiger partial charge in [-0.25, -0.2) is 0 Å². The fourth-order valence-electron chi connectivity index (χ4n) is 9.02. The number of aliphatic hydroxyl groups excluding tert-OH is 1. The number of ether oxygens (including phenoxy) is 2. The lowest BCUT2D eigenvalue weighted by Gasteiger charge is -2.68. The van der Waals surface area contributed by atoms with Crippen LogP contribution in [0.25, 0.3) is 0 Å². The zero-order valence-electron chi connectivity index (χ0n) is 22.1. The van der Waals surface area contributed by atoms with Crippen molar-refractivity contribution in [1.29, 1.82) is 0 Å². The Labute approximate surface area is 207 Å². The van der Waals surface area contributed by atoms with E-state index in [1.807, 2.05) is 33.8 Å². The minimum atomic E-state index is -1.68. The number of allylic oxidation sites excluding steroid dienone is 3. The van der Waals surface area contributed by atoms with Gasteiger partial charge in [0, 0.05) is 23.3 Å². The molecule has 7 atom stereocenters. The SMILES string of the molecule is COC(=O)[C@@]12C(=O)C(C)=C(O)[C@]1(C)C(C)=C[C@H]1[C@]3(C=O)CC[C@H](OC(C)=O)C(C)(C)[C@H]3CC[C@@]12C. The maximum Gasteiger partial charge on any atom is 0.321 e. The van der Waals surface area contributed by atoms with Gasteiger partial charge >= 0.3 is 11.9 Å². The fourth-order valence-corrected chi connectivity index (χ4v) is 9.02. The summed E-state index contributed by atoms with van der Waals surface area (Å²) in [4.78, 5) is 52.8. The summed E-state index contributed by atoms with van der Waals surface area (Å²) in [5.74, 6) is -2.07. The van der Waals surface area contributed by atoms with E-state index in [9.17, 15) is 24.3 Å². The van der Waals surface area contributed by atoms with Gasteiger partial charge in [0.1, 0.15) is 18.1 Å². The van der Waals surface area contributed by atoms with Crippen molar-refractivity contribution < 1.29 is 33.8 Å². The van der Waals surface area contributed by atoms with E-state index >= 15 is 0 Å². The van der Waals surface area contributed by atoms with Gasteiger partial charge in [-0.15, -0.1) is 0 Å². The van der Waals surface area contributed by atoms with Gasteiger partial charge in [-0.2, -0.15) is 0 Å². The van der Waals surface area contributed by atoms with Crippen molar-refractivity contribution in [2.45, 2.75) is 80.3 Å². The summed E-state index contributed by atoms with van der Waals surface area (Å²) in [6, 6.07) is 0. The molecular formula is C28H38O7. The number of aliphatic hydroxyl groups is 1. The number of aldehydes is 1. The van der Waals surface area contributed by atoms with E-state index in [4.69, 9.17) is 9.47 Å². The van der Waals surface area contributed by atoms with E-state index in [0.29, 0.717) is 31.3 Å². The fraction of sp³-hybridized carbons (Fsp3) is 0.714. The smallest absolute Gasteiger partial charge is 0.321 e. The minimum Gasteiger partial charge on any atom is -0.511 e. The number of esters is 2. The summed E-state index contributed by atoms with van der Waals surface area (Å²) in [6.45, 7) is 12.6. The molecule has 0 heterocycles. The highest BCUT2D eigenvalue weighted by atomic mass is 16.5. The summed E-state index contributed by atoms with van der Waals surface area (Å²) in [6.07, 6.45) is 4.79. The van der Waals surface area contributed by atoms with Crippen molar-refractivity contribution >= 4 is 24.0 Å². The molecular weight excluding hydrogens is 448 g/mol. The minimum absolute atomic E-state index is 0.0949. The molecule has 0 unspecified atom stereocenters. The second-order valence-corrected chi connectivity index (χ2v) is 12.2. The molecule has 7 nitrogen and oxygen atoms in total. The van der Waals surface area contributed by atoms with Crippen LogP contribution in [0.5, 0.6) is 0 Å². The average molecular weight is 487 g/mol. The molecule has 4 aliphatic carbocycles. The molecule has 192 valence electrons. The molecule has 0 amide bonds. The van der Waals surface area contributed by atoms with E-state index in [-0.39, 0.29) is 29.3 Å². The Morgan fingerprint density at radius 1 is 1.11 bits per heavy atom. The molecule has 0 saturated heterocycles. The molecule has 1 N–H and O–H groups in total. The number of methoxy groups -OCH3 is 1. The largest absolute Gasteiger partial charge is 0.511 e. The van der Waals surface area contributed by atoms with Crippen molar-refractivity contribution in [3.8, 4) is 0 Å². The monoisotopic (exact) mass is 486 g/mol. The van der Waals surface area contributed by atoms with Gasteiger partial charge in [-0.1, -0.05) is 32.4 Å². The predicted octanol–water partition coefficient (Wildman–Crippen LogP) is 4.50. The number of hydrogen-bond acceptors (Lipinski definition) is 7. The Kier molecular flexibility index (Phi) is 5.52. The average Bonchev–Trinajstić information content (AvgIpc) is 2.95. The molecule has 4 aliphatic rings. The second kappa shape index (κ2) is 7.53. The molecule has 7 heteroatoms. The van der Waals surface area contributed by atoms with Crippen molar-refractivity contribution in [3.05, 3.63) is 23.0 Å². The van der Waals surface area contributed by atoms with Gasteiger partial charge in [0.2, 0.25) is 0 Å². The normalized spacial score (nSPS) is 43.9. The molecule has 35 heavy (non-hydrogen) atoms. The zero-order valence-corrected chi connectivity index (χ0v) is 22.1. The molecule has 0 aromatic rings. The third-order valence-corrected chi connectivity index (χ3v) is 10.8. The molecule has 0 aromatic carbocycles. The topological polar surface area (TPSA) is 107 Å². The molecule has 4 rings (SSSR count). The van der Waals surface area contributed by atoms with Crippen LogP contribution in [-0.2, 0) is 28.7 Å². The number of fused-ring (bicyclic) bond motifs is 5. The first-order valence-corrected chi connectivity index (χ1v) is 12.5. The Morgan fingerprint density at radius 2 is 1.74 bits per heavy atom. The number of rotatable bonds is 3. The number of Topliss-reactive ketones (excluding diaryl/α,β-unsaturated/α-hetero) is 1. The van der Waals surface area contributed by atoms with Crippen LogP contribution in [0.1, 0.15) is 74.1 Å². The maximum absolute atomic E-state index is 14.0. The van der Waals surface area contributed by atoms with Crippen LogP contribution >= 0.6 is 0 Å². The molecule has 2 fully saturated rings. The first kappa shape index (κ1) is 25.6.